The van der Waals surface area contributed by atoms with Gasteiger partial charge < -0.3 is 20.5 Å². The molecule has 0 aliphatic heterocycles. The van der Waals surface area contributed by atoms with Crippen LogP contribution in [0.4, 0.5) is 22.7 Å². The van der Waals surface area contributed by atoms with Crippen molar-refractivity contribution in [3.63, 3.8) is 0 Å². The molecule has 0 spiro atoms. The van der Waals surface area contributed by atoms with E-state index in [0.29, 0.717) is 33.5 Å². The number of fused-ring (bicyclic) bond motifs is 1. The number of phenolic OH excluding ortho intramolecular Hbond substituents is 1. The lowest BCUT2D eigenvalue weighted by atomic mass is 10.0. The smallest absolute Gasteiger partial charge is 0.259 e. The van der Waals surface area contributed by atoms with Crippen LogP contribution in [0.3, 0.4) is 0 Å². The number of aryl methyl sites for hydroxylation is 1. The summed E-state index contributed by atoms with van der Waals surface area (Å²) in [5, 5.41) is 27.1. The fourth-order valence-electron chi connectivity index (χ4n) is 4.41. The number of ether oxygens (including phenoxy) is 1. The molecular weight excluding hydrogens is 643 g/mol. The number of carbonyl (C=O) groups is 2. The zero-order chi connectivity index (χ0) is 29.6. The SMILES string of the molecule is COc1ccc(C(=O)Nc2ccccc2)cc1N=Nc1c(O)c(C(=O)Nc2cc(CI)ccc2C)cc2ccccc12. The number of anilines is 2. The Morgan fingerprint density at radius 2 is 1.62 bits per heavy atom. The molecule has 0 unspecified atom stereocenters. The molecule has 0 saturated carbocycles. The quantitative estimate of drug-likeness (QED) is 0.0871. The Morgan fingerprint density at radius 3 is 2.38 bits per heavy atom. The van der Waals surface area contributed by atoms with Crippen molar-refractivity contribution in [3.8, 4) is 11.5 Å². The Bertz CT molecular complexity index is 1820. The number of para-hydroxylation sites is 1. The minimum Gasteiger partial charge on any atom is -0.505 e. The number of azo groups is 1. The van der Waals surface area contributed by atoms with Crippen molar-refractivity contribution in [3.05, 3.63) is 119 Å². The van der Waals surface area contributed by atoms with Gasteiger partial charge in [0.15, 0.2) is 5.75 Å². The van der Waals surface area contributed by atoms with E-state index in [1.54, 1.807) is 42.5 Å². The molecule has 8 nitrogen and oxygen atoms in total. The summed E-state index contributed by atoms with van der Waals surface area (Å²) in [6, 6.07) is 28.7. The molecule has 0 bridgehead atoms. The van der Waals surface area contributed by atoms with Crippen molar-refractivity contribution >= 4 is 67.9 Å². The third kappa shape index (κ3) is 6.26. The van der Waals surface area contributed by atoms with Crippen molar-refractivity contribution in [1.82, 2.24) is 0 Å². The summed E-state index contributed by atoms with van der Waals surface area (Å²) in [6.07, 6.45) is 0. The van der Waals surface area contributed by atoms with Crippen LogP contribution in [0.15, 0.2) is 107 Å². The minimum atomic E-state index is -0.472. The average Bonchev–Trinajstić information content (AvgIpc) is 3.01. The molecule has 0 heterocycles. The molecule has 0 aliphatic rings. The summed E-state index contributed by atoms with van der Waals surface area (Å²) in [6.45, 7) is 1.91. The summed E-state index contributed by atoms with van der Waals surface area (Å²) in [4.78, 5) is 26.3. The first-order chi connectivity index (χ1) is 20.4. The van der Waals surface area contributed by atoms with Crippen molar-refractivity contribution in [2.75, 3.05) is 17.7 Å². The van der Waals surface area contributed by atoms with Gasteiger partial charge in [0.25, 0.3) is 11.8 Å². The van der Waals surface area contributed by atoms with Crippen molar-refractivity contribution in [2.24, 2.45) is 10.2 Å². The molecule has 9 heteroatoms. The average molecular weight is 671 g/mol. The zero-order valence-electron chi connectivity index (χ0n) is 22.9. The Kier molecular flexibility index (Phi) is 8.77. The lowest BCUT2D eigenvalue weighted by Crippen LogP contribution is -2.13. The molecule has 2 amide bonds. The monoisotopic (exact) mass is 670 g/mol. The maximum Gasteiger partial charge on any atom is 0.259 e. The summed E-state index contributed by atoms with van der Waals surface area (Å²) >= 11 is 2.27. The van der Waals surface area contributed by atoms with Gasteiger partial charge in [0.1, 0.15) is 17.1 Å². The van der Waals surface area contributed by atoms with Crippen molar-refractivity contribution in [2.45, 2.75) is 11.4 Å². The second-order valence-corrected chi connectivity index (χ2v) is 10.2. The number of amides is 2. The molecule has 3 N–H and O–H groups in total. The topological polar surface area (TPSA) is 112 Å². The van der Waals surface area contributed by atoms with E-state index in [9.17, 15) is 14.7 Å². The van der Waals surface area contributed by atoms with Gasteiger partial charge in [-0.15, -0.1) is 10.2 Å². The van der Waals surface area contributed by atoms with E-state index in [2.05, 4.69) is 43.5 Å². The number of halogens is 1. The van der Waals surface area contributed by atoms with Crippen LogP contribution in [-0.4, -0.2) is 24.0 Å². The Hall–Kier alpha value is -4.77. The van der Waals surface area contributed by atoms with Crippen LogP contribution >= 0.6 is 22.6 Å². The maximum absolute atomic E-state index is 13.4. The molecule has 42 heavy (non-hydrogen) atoms. The Balaban J connectivity index is 1.52. The second kappa shape index (κ2) is 12.8. The Morgan fingerprint density at radius 1 is 0.857 bits per heavy atom. The first-order valence-corrected chi connectivity index (χ1v) is 14.6. The van der Waals surface area contributed by atoms with Crippen molar-refractivity contribution in [1.29, 1.82) is 0 Å². The lowest BCUT2D eigenvalue weighted by Gasteiger charge is -2.13. The first kappa shape index (κ1) is 28.7. The molecule has 5 rings (SSSR count). The number of rotatable bonds is 8. The molecule has 0 radical (unpaired) electrons. The van der Waals surface area contributed by atoms with Gasteiger partial charge in [-0.2, -0.15) is 0 Å². The largest absolute Gasteiger partial charge is 0.505 e. The highest BCUT2D eigenvalue weighted by Gasteiger charge is 2.20. The van der Waals surface area contributed by atoms with Gasteiger partial charge in [-0.25, -0.2) is 0 Å². The highest BCUT2D eigenvalue weighted by atomic mass is 127. The molecule has 0 saturated heterocycles. The number of carbonyl (C=O) groups excluding carboxylic acids is 2. The van der Waals surface area contributed by atoms with Gasteiger partial charge in [-0.1, -0.05) is 77.2 Å². The number of nitrogens with zero attached hydrogens (tertiary/aromatic N) is 2. The van der Waals surface area contributed by atoms with E-state index in [1.807, 2.05) is 61.5 Å². The molecule has 5 aromatic rings. The molecule has 210 valence electrons. The minimum absolute atomic E-state index is 0.0601. The maximum atomic E-state index is 13.4. The van der Waals surface area contributed by atoms with Crippen LogP contribution in [0.25, 0.3) is 10.8 Å². The van der Waals surface area contributed by atoms with Gasteiger partial charge in [0.2, 0.25) is 0 Å². The second-order valence-electron chi connectivity index (χ2n) is 9.49. The van der Waals surface area contributed by atoms with E-state index in [1.165, 1.54) is 7.11 Å². The summed E-state index contributed by atoms with van der Waals surface area (Å²) < 4.78 is 6.25. The van der Waals surface area contributed by atoms with Crippen molar-refractivity contribution < 1.29 is 19.4 Å². The third-order valence-electron chi connectivity index (χ3n) is 6.67. The summed E-state index contributed by atoms with van der Waals surface area (Å²) in [7, 11) is 1.49. The molecule has 5 aromatic carbocycles. The van der Waals surface area contributed by atoms with Gasteiger partial charge in [0, 0.05) is 26.8 Å². The van der Waals surface area contributed by atoms with Crippen LogP contribution in [-0.2, 0) is 4.43 Å². The molecule has 0 atom stereocenters. The van der Waals surface area contributed by atoms with Gasteiger partial charge in [-0.05, 0) is 65.9 Å². The summed E-state index contributed by atoms with van der Waals surface area (Å²) in [5.41, 5.74) is 4.11. The fourth-order valence-corrected chi connectivity index (χ4v) is 4.88. The van der Waals surface area contributed by atoms with E-state index < -0.39 is 5.91 Å². The van der Waals surface area contributed by atoms with E-state index in [-0.39, 0.29) is 28.6 Å². The number of nitrogens with one attached hydrogen (secondary N) is 2. The van der Waals surface area contributed by atoms with E-state index in [4.69, 9.17) is 4.74 Å². The van der Waals surface area contributed by atoms with Crippen LogP contribution < -0.4 is 15.4 Å². The van der Waals surface area contributed by atoms with Gasteiger partial charge >= 0.3 is 0 Å². The molecule has 0 aromatic heterocycles. The third-order valence-corrected chi connectivity index (χ3v) is 7.56. The number of hydrogen-bond acceptors (Lipinski definition) is 6. The molecule has 0 aliphatic carbocycles. The number of benzene rings is 5. The fraction of sp³-hybridized carbons (Fsp3) is 0.0909. The van der Waals surface area contributed by atoms with Crippen LogP contribution in [0, 0.1) is 6.92 Å². The highest BCUT2D eigenvalue weighted by Crippen LogP contribution is 2.41. The van der Waals surface area contributed by atoms with Crippen LogP contribution in [0.5, 0.6) is 11.5 Å². The van der Waals surface area contributed by atoms with E-state index >= 15 is 0 Å². The number of phenols is 1. The molecular formula is C33H27IN4O4. The number of alkyl halides is 1. The number of aromatic hydroxyl groups is 1. The standard InChI is InChI=1S/C33H27IN4O4/c1-20-12-13-21(19-34)16-27(20)36-33(41)26-17-22-8-6-7-11-25(22)30(31(26)39)38-37-28-18-23(14-15-29(28)42-2)32(40)35-24-9-4-3-5-10-24/h3-18,39H,19H2,1-2H3,(H,35,40)(H,36,41). The lowest BCUT2D eigenvalue weighted by molar-refractivity contribution is 0.101. The molecule has 0 fully saturated rings. The predicted molar refractivity (Wildman–Crippen MR) is 174 cm³/mol. The van der Waals surface area contributed by atoms with E-state index in [0.717, 1.165) is 15.6 Å². The normalized spacial score (nSPS) is 11.0. The van der Waals surface area contributed by atoms with Crippen LogP contribution in [0.2, 0.25) is 0 Å². The van der Waals surface area contributed by atoms with Gasteiger partial charge in [-0.3, -0.25) is 9.59 Å². The van der Waals surface area contributed by atoms with Crippen LogP contribution in [0.1, 0.15) is 31.8 Å². The highest BCUT2D eigenvalue weighted by molar-refractivity contribution is 14.1. The zero-order valence-corrected chi connectivity index (χ0v) is 25.0. The first-order valence-electron chi connectivity index (χ1n) is 13.1. The van der Waals surface area contributed by atoms with Gasteiger partial charge in [0.05, 0.1) is 12.7 Å². The Labute approximate surface area is 256 Å². The number of methoxy groups -OCH3 is 1. The predicted octanol–water partition coefficient (Wildman–Crippen LogP) is 8.72. The summed E-state index contributed by atoms with van der Waals surface area (Å²) in [5.74, 6) is -0.720. The number of hydrogen-bond donors (Lipinski definition) is 3.